The smallest absolute Gasteiger partial charge is 0.341 e. The molecule has 7 nitrogen and oxygen atoms in total. The van der Waals surface area contributed by atoms with Crippen LogP contribution in [-0.2, 0) is 32.1 Å². The van der Waals surface area contributed by atoms with Gasteiger partial charge in [-0.25, -0.2) is 4.79 Å². The third-order valence-electron chi connectivity index (χ3n) is 5.14. The van der Waals surface area contributed by atoms with Crippen molar-refractivity contribution in [3.05, 3.63) is 27.1 Å². The molecule has 1 aromatic heterocycles. The van der Waals surface area contributed by atoms with Crippen LogP contribution in [-0.4, -0.2) is 30.1 Å². The lowest BCUT2D eigenvalue weighted by Crippen LogP contribution is -2.42. The van der Waals surface area contributed by atoms with Crippen molar-refractivity contribution in [2.24, 2.45) is 11.8 Å². The number of halogens is 1. The van der Waals surface area contributed by atoms with Gasteiger partial charge in [-0.1, -0.05) is 17.7 Å². The zero-order chi connectivity index (χ0) is 21.3. The molecule has 3 rings (SSSR count). The first-order chi connectivity index (χ1) is 13.6. The van der Waals surface area contributed by atoms with E-state index < -0.39 is 35.3 Å². The molecule has 2 atom stereocenters. The molecule has 1 aliphatic carbocycles. The molecule has 0 aromatic carbocycles. The quantitative estimate of drug-likeness (QED) is 0.705. The predicted octanol–water partition coefficient (Wildman–Crippen LogP) is 2.61. The number of amides is 1. The van der Waals surface area contributed by atoms with Crippen molar-refractivity contribution in [2.45, 2.75) is 52.2 Å². The number of thiophene rings is 1. The maximum Gasteiger partial charge on any atom is 0.341 e. The Labute approximate surface area is 178 Å². The normalized spacial score (nSPS) is 23.0. The van der Waals surface area contributed by atoms with Crippen LogP contribution in [0.3, 0.4) is 0 Å². The summed E-state index contributed by atoms with van der Waals surface area (Å²) in [4.78, 5) is 37.9. The fourth-order valence-electron chi connectivity index (χ4n) is 3.66. The van der Waals surface area contributed by atoms with Crippen LogP contribution in [0.5, 0.6) is 0 Å². The SMILES string of the molecule is CCOC(=O)c1c(NC(=O)[C@@H]2CC(Cl)=CC[C@H]2C(=O)[O-])sc2c1CC(C)(C)OC2. The van der Waals surface area contributed by atoms with Crippen molar-refractivity contribution in [3.8, 4) is 0 Å². The number of carbonyl (C=O) groups excluding carboxylic acids is 3. The van der Waals surface area contributed by atoms with E-state index in [0.717, 1.165) is 10.4 Å². The van der Waals surface area contributed by atoms with Gasteiger partial charge in [0.15, 0.2) is 0 Å². The number of esters is 1. The molecule has 0 unspecified atom stereocenters. The number of allylic oxidation sites excluding steroid dienone is 2. The summed E-state index contributed by atoms with van der Waals surface area (Å²) in [6, 6.07) is 0. The molecule has 2 aliphatic rings. The van der Waals surface area contributed by atoms with Crippen molar-refractivity contribution in [3.63, 3.8) is 0 Å². The number of ether oxygens (including phenoxy) is 2. The Morgan fingerprint density at radius 3 is 2.76 bits per heavy atom. The zero-order valence-electron chi connectivity index (χ0n) is 16.5. The van der Waals surface area contributed by atoms with Gasteiger partial charge in [0.25, 0.3) is 0 Å². The van der Waals surface area contributed by atoms with Crippen LogP contribution < -0.4 is 10.4 Å². The molecule has 2 heterocycles. The number of rotatable bonds is 5. The molecule has 1 N–H and O–H groups in total. The summed E-state index contributed by atoms with van der Waals surface area (Å²) in [7, 11) is 0. The van der Waals surface area contributed by atoms with Crippen molar-refractivity contribution in [1.82, 2.24) is 0 Å². The zero-order valence-corrected chi connectivity index (χ0v) is 18.1. The molecular formula is C20H23ClNO6S-. The van der Waals surface area contributed by atoms with Gasteiger partial charge in [-0.05, 0) is 39.2 Å². The van der Waals surface area contributed by atoms with Crippen LogP contribution >= 0.6 is 22.9 Å². The molecule has 0 bridgehead atoms. The summed E-state index contributed by atoms with van der Waals surface area (Å²) in [5, 5.41) is 15.0. The largest absolute Gasteiger partial charge is 0.550 e. The second kappa shape index (κ2) is 8.45. The third kappa shape index (κ3) is 4.65. The van der Waals surface area contributed by atoms with Crippen molar-refractivity contribution in [2.75, 3.05) is 11.9 Å². The number of aliphatic carboxylic acids is 1. The molecule has 0 spiro atoms. The highest BCUT2D eigenvalue weighted by atomic mass is 35.5. The first-order valence-corrected chi connectivity index (χ1v) is 10.6. The van der Waals surface area contributed by atoms with Crippen LogP contribution in [0.15, 0.2) is 11.1 Å². The van der Waals surface area contributed by atoms with E-state index in [0.29, 0.717) is 28.6 Å². The standard InChI is InChI=1S/C20H24ClNO6S/c1-4-27-19(26)15-13-8-20(2,3)28-9-14(13)29-17(15)22-16(23)12-7-10(21)5-6-11(12)18(24)25/h5,11-12H,4,6-9H2,1-3H3,(H,22,23)(H,24,25)/p-1/t11-,12-/m1/s1. The highest BCUT2D eigenvalue weighted by molar-refractivity contribution is 7.17. The summed E-state index contributed by atoms with van der Waals surface area (Å²) in [5.74, 6) is -4.16. The van der Waals surface area contributed by atoms with Gasteiger partial charge in [-0.15, -0.1) is 11.3 Å². The fourth-order valence-corrected chi connectivity index (χ4v) is 5.03. The van der Waals surface area contributed by atoms with Crippen molar-refractivity contribution >= 4 is 45.8 Å². The van der Waals surface area contributed by atoms with E-state index in [4.69, 9.17) is 21.1 Å². The van der Waals surface area contributed by atoms with Crippen LogP contribution in [0.1, 0.15) is 54.4 Å². The number of hydrogen-bond acceptors (Lipinski definition) is 7. The Morgan fingerprint density at radius 1 is 1.38 bits per heavy atom. The van der Waals surface area contributed by atoms with E-state index in [1.54, 1.807) is 13.0 Å². The molecule has 0 fully saturated rings. The number of nitrogens with one attached hydrogen (secondary N) is 1. The lowest BCUT2D eigenvalue weighted by Gasteiger charge is -2.30. The lowest BCUT2D eigenvalue weighted by molar-refractivity contribution is -0.313. The van der Waals surface area contributed by atoms with E-state index in [9.17, 15) is 19.5 Å². The minimum absolute atomic E-state index is 0.113. The van der Waals surface area contributed by atoms with E-state index in [-0.39, 0.29) is 19.4 Å². The van der Waals surface area contributed by atoms with E-state index >= 15 is 0 Å². The summed E-state index contributed by atoms with van der Waals surface area (Å²) in [6.45, 7) is 6.10. The van der Waals surface area contributed by atoms with Gasteiger partial charge in [0, 0.05) is 28.2 Å². The molecule has 1 aromatic rings. The summed E-state index contributed by atoms with van der Waals surface area (Å²) >= 11 is 7.30. The summed E-state index contributed by atoms with van der Waals surface area (Å²) in [5.41, 5.74) is 0.676. The first kappa shape index (κ1) is 21.8. The maximum atomic E-state index is 12.9. The molecule has 0 saturated carbocycles. The molecule has 1 amide bonds. The monoisotopic (exact) mass is 440 g/mol. The molecule has 9 heteroatoms. The van der Waals surface area contributed by atoms with Gasteiger partial charge in [0.2, 0.25) is 5.91 Å². The Morgan fingerprint density at radius 2 is 2.10 bits per heavy atom. The number of carboxylic acids is 1. The van der Waals surface area contributed by atoms with Crippen LogP contribution in [0, 0.1) is 11.8 Å². The molecular weight excluding hydrogens is 418 g/mol. The Hall–Kier alpha value is -1.90. The van der Waals surface area contributed by atoms with Crippen molar-refractivity contribution < 1.29 is 29.0 Å². The third-order valence-corrected chi connectivity index (χ3v) is 6.57. The van der Waals surface area contributed by atoms with E-state index in [1.807, 2.05) is 13.8 Å². The Bertz CT molecular complexity index is 875. The number of fused-ring (bicyclic) bond motifs is 1. The molecule has 1 aliphatic heterocycles. The number of carbonyl (C=O) groups is 3. The second-order valence-electron chi connectivity index (χ2n) is 7.77. The van der Waals surface area contributed by atoms with E-state index in [1.165, 1.54) is 11.3 Å². The molecule has 29 heavy (non-hydrogen) atoms. The predicted molar refractivity (Wildman–Crippen MR) is 107 cm³/mol. The Balaban J connectivity index is 1.93. The number of carboxylic acid groups (broad SMARTS) is 1. The Kier molecular flexibility index (Phi) is 6.36. The fraction of sp³-hybridized carbons (Fsp3) is 0.550. The lowest BCUT2D eigenvalue weighted by atomic mass is 9.82. The van der Waals surface area contributed by atoms with Gasteiger partial charge < -0.3 is 24.7 Å². The van der Waals surface area contributed by atoms with Gasteiger partial charge in [-0.3, -0.25) is 4.79 Å². The van der Waals surface area contributed by atoms with Crippen LogP contribution in [0.25, 0.3) is 0 Å². The molecule has 0 radical (unpaired) electrons. The average Bonchev–Trinajstić information content (AvgIpc) is 2.97. The first-order valence-electron chi connectivity index (χ1n) is 9.44. The summed E-state index contributed by atoms with van der Waals surface area (Å²) in [6.07, 6.45) is 2.34. The molecule has 0 saturated heterocycles. The van der Waals surface area contributed by atoms with Crippen molar-refractivity contribution in [1.29, 1.82) is 0 Å². The topological polar surface area (TPSA) is 105 Å². The molecule has 158 valence electrons. The minimum atomic E-state index is -1.29. The minimum Gasteiger partial charge on any atom is -0.550 e. The highest BCUT2D eigenvalue weighted by Gasteiger charge is 2.37. The van der Waals surface area contributed by atoms with Gasteiger partial charge in [-0.2, -0.15) is 0 Å². The number of hydrogen-bond donors (Lipinski definition) is 1. The maximum absolute atomic E-state index is 12.9. The van der Waals surface area contributed by atoms with Gasteiger partial charge in [0.1, 0.15) is 5.00 Å². The average molecular weight is 441 g/mol. The van der Waals surface area contributed by atoms with Crippen LogP contribution in [0.2, 0.25) is 0 Å². The van der Waals surface area contributed by atoms with E-state index in [2.05, 4.69) is 5.32 Å². The summed E-state index contributed by atoms with van der Waals surface area (Å²) < 4.78 is 11.0. The highest BCUT2D eigenvalue weighted by Crippen LogP contribution is 2.41. The second-order valence-corrected chi connectivity index (χ2v) is 9.36. The van der Waals surface area contributed by atoms with Gasteiger partial charge in [0.05, 0.1) is 30.3 Å². The van der Waals surface area contributed by atoms with Gasteiger partial charge >= 0.3 is 5.97 Å². The number of anilines is 1. The van der Waals surface area contributed by atoms with Crippen LogP contribution in [0.4, 0.5) is 5.00 Å².